The minimum atomic E-state index is -0.633. The summed E-state index contributed by atoms with van der Waals surface area (Å²) >= 11 is 0. The average molecular weight is 356 g/mol. The first-order valence-electron chi connectivity index (χ1n) is 7.99. The second kappa shape index (κ2) is 7.18. The van der Waals surface area contributed by atoms with E-state index in [2.05, 4.69) is 5.32 Å². The Morgan fingerprint density at radius 2 is 1.88 bits per heavy atom. The molecule has 1 N–H and O–H groups in total. The minimum absolute atomic E-state index is 0.0758. The first-order chi connectivity index (χ1) is 12.4. The summed E-state index contributed by atoms with van der Waals surface area (Å²) in [6.45, 7) is 0.340. The third-order valence-electron chi connectivity index (χ3n) is 4.03. The summed E-state index contributed by atoms with van der Waals surface area (Å²) in [5.74, 6) is -0.413. The van der Waals surface area contributed by atoms with Gasteiger partial charge in [-0.05, 0) is 30.7 Å². The SMILES string of the molecule is O=C(Cn1cc([N+](=O)[O-])ccc1=O)Nc1ccc(N2CCCC2=O)cc1. The van der Waals surface area contributed by atoms with E-state index in [1.807, 2.05) is 0 Å². The van der Waals surface area contributed by atoms with Crippen LogP contribution in [0.2, 0.25) is 0 Å². The largest absolute Gasteiger partial charge is 0.325 e. The van der Waals surface area contributed by atoms with Crippen LogP contribution in [0.25, 0.3) is 0 Å². The average Bonchev–Trinajstić information content (AvgIpc) is 3.03. The fraction of sp³-hybridized carbons (Fsp3) is 0.235. The maximum absolute atomic E-state index is 12.1. The predicted octanol–water partition coefficient (Wildman–Crippen LogP) is 1.52. The number of nitro groups is 1. The van der Waals surface area contributed by atoms with E-state index in [1.165, 1.54) is 0 Å². The smallest absolute Gasteiger partial charge is 0.285 e. The number of carbonyl (C=O) groups excluding carboxylic acids is 2. The van der Waals surface area contributed by atoms with E-state index in [-0.39, 0.29) is 18.1 Å². The highest BCUT2D eigenvalue weighted by Crippen LogP contribution is 2.23. The minimum Gasteiger partial charge on any atom is -0.325 e. The van der Waals surface area contributed by atoms with Gasteiger partial charge in [0.15, 0.2) is 0 Å². The van der Waals surface area contributed by atoms with Crippen molar-refractivity contribution in [1.82, 2.24) is 4.57 Å². The van der Waals surface area contributed by atoms with Gasteiger partial charge in [0.05, 0.1) is 11.1 Å². The number of pyridine rings is 1. The highest BCUT2D eigenvalue weighted by atomic mass is 16.6. The van der Waals surface area contributed by atoms with E-state index in [1.54, 1.807) is 29.2 Å². The fourth-order valence-corrected chi connectivity index (χ4v) is 2.75. The van der Waals surface area contributed by atoms with E-state index >= 15 is 0 Å². The van der Waals surface area contributed by atoms with Crippen LogP contribution in [0, 0.1) is 10.1 Å². The highest BCUT2D eigenvalue weighted by molar-refractivity contribution is 5.96. The Hall–Kier alpha value is -3.49. The number of carbonyl (C=O) groups is 2. The fourth-order valence-electron chi connectivity index (χ4n) is 2.75. The summed E-state index contributed by atoms with van der Waals surface area (Å²) in [7, 11) is 0. The molecule has 0 aliphatic carbocycles. The molecule has 3 rings (SSSR count). The number of hydrogen-bond acceptors (Lipinski definition) is 5. The molecule has 2 amide bonds. The van der Waals surface area contributed by atoms with E-state index in [4.69, 9.17) is 0 Å². The number of amides is 2. The van der Waals surface area contributed by atoms with Crippen molar-refractivity contribution >= 4 is 28.9 Å². The van der Waals surface area contributed by atoms with Gasteiger partial charge in [-0.25, -0.2) is 0 Å². The molecule has 0 spiro atoms. The number of hydrogen-bond donors (Lipinski definition) is 1. The van der Waals surface area contributed by atoms with Gasteiger partial charge in [-0.1, -0.05) is 0 Å². The van der Waals surface area contributed by atoms with Crippen molar-refractivity contribution in [2.24, 2.45) is 0 Å². The molecule has 0 atom stereocenters. The Morgan fingerprint density at radius 3 is 2.50 bits per heavy atom. The van der Waals surface area contributed by atoms with E-state index < -0.39 is 16.4 Å². The molecule has 0 unspecified atom stereocenters. The highest BCUT2D eigenvalue weighted by Gasteiger charge is 2.21. The summed E-state index contributed by atoms with van der Waals surface area (Å²) < 4.78 is 0.977. The lowest BCUT2D eigenvalue weighted by Crippen LogP contribution is -2.27. The molecule has 1 aliphatic rings. The monoisotopic (exact) mass is 356 g/mol. The van der Waals surface area contributed by atoms with Crippen LogP contribution in [0.15, 0.2) is 47.4 Å². The molecule has 9 heteroatoms. The second-order valence-corrected chi connectivity index (χ2v) is 5.85. The molecule has 134 valence electrons. The van der Waals surface area contributed by atoms with Gasteiger partial charge in [0.2, 0.25) is 11.8 Å². The normalized spacial score (nSPS) is 13.7. The Balaban J connectivity index is 1.67. The number of nitrogens with zero attached hydrogens (tertiary/aromatic N) is 3. The molecule has 1 aromatic heterocycles. The number of aromatic nitrogens is 1. The zero-order chi connectivity index (χ0) is 18.7. The van der Waals surface area contributed by atoms with Crippen molar-refractivity contribution in [3.63, 3.8) is 0 Å². The van der Waals surface area contributed by atoms with Crippen LogP contribution in [0.4, 0.5) is 17.1 Å². The number of benzene rings is 1. The van der Waals surface area contributed by atoms with Crippen molar-refractivity contribution in [3.05, 3.63) is 63.1 Å². The predicted molar refractivity (Wildman–Crippen MR) is 94.0 cm³/mol. The molecule has 2 heterocycles. The molecule has 0 saturated carbocycles. The lowest BCUT2D eigenvalue weighted by molar-refractivity contribution is -0.385. The molecule has 1 saturated heterocycles. The van der Waals surface area contributed by atoms with Gasteiger partial charge >= 0.3 is 0 Å². The zero-order valence-corrected chi connectivity index (χ0v) is 13.8. The molecule has 2 aromatic rings. The first kappa shape index (κ1) is 17.3. The van der Waals surface area contributed by atoms with E-state index in [0.717, 1.165) is 35.0 Å². The van der Waals surface area contributed by atoms with Gasteiger partial charge in [0.1, 0.15) is 6.54 Å². The van der Waals surface area contributed by atoms with Gasteiger partial charge in [-0.3, -0.25) is 29.1 Å². The summed E-state index contributed by atoms with van der Waals surface area (Å²) in [6.07, 6.45) is 2.40. The van der Waals surface area contributed by atoms with E-state index in [0.29, 0.717) is 18.7 Å². The number of rotatable bonds is 5. The van der Waals surface area contributed by atoms with Crippen molar-refractivity contribution in [3.8, 4) is 0 Å². The third-order valence-corrected chi connectivity index (χ3v) is 4.03. The van der Waals surface area contributed by atoms with Gasteiger partial charge in [0, 0.05) is 36.5 Å². The van der Waals surface area contributed by atoms with Gasteiger partial charge in [0.25, 0.3) is 11.2 Å². The van der Waals surface area contributed by atoms with Crippen molar-refractivity contribution in [2.45, 2.75) is 19.4 Å². The Labute approximate surface area is 148 Å². The van der Waals surface area contributed by atoms with Crippen LogP contribution in [-0.4, -0.2) is 27.8 Å². The summed E-state index contributed by atoms with van der Waals surface area (Å²) in [6, 6.07) is 8.93. The molecule has 0 radical (unpaired) electrons. The quantitative estimate of drug-likeness (QED) is 0.644. The summed E-state index contributed by atoms with van der Waals surface area (Å²) in [5.41, 5.74) is 0.495. The number of anilines is 2. The Kier molecular flexibility index (Phi) is 4.78. The maximum atomic E-state index is 12.1. The number of nitrogens with one attached hydrogen (secondary N) is 1. The Bertz CT molecular complexity index is 919. The lowest BCUT2D eigenvalue weighted by Gasteiger charge is -2.16. The van der Waals surface area contributed by atoms with Crippen molar-refractivity contribution in [1.29, 1.82) is 0 Å². The topological polar surface area (TPSA) is 115 Å². The van der Waals surface area contributed by atoms with Crippen LogP contribution < -0.4 is 15.8 Å². The van der Waals surface area contributed by atoms with Crippen molar-refractivity contribution in [2.75, 3.05) is 16.8 Å². The lowest BCUT2D eigenvalue weighted by atomic mass is 10.2. The van der Waals surface area contributed by atoms with Gasteiger partial charge in [-0.2, -0.15) is 0 Å². The molecular formula is C17H16N4O5. The third kappa shape index (κ3) is 3.77. The molecular weight excluding hydrogens is 340 g/mol. The van der Waals surface area contributed by atoms with E-state index in [9.17, 15) is 24.5 Å². The zero-order valence-electron chi connectivity index (χ0n) is 13.8. The molecule has 26 heavy (non-hydrogen) atoms. The first-order valence-corrected chi connectivity index (χ1v) is 7.99. The molecule has 1 fully saturated rings. The van der Waals surface area contributed by atoms with Crippen LogP contribution in [0.3, 0.4) is 0 Å². The van der Waals surface area contributed by atoms with Crippen molar-refractivity contribution < 1.29 is 14.5 Å². The van der Waals surface area contributed by atoms with Crippen LogP contribution in [0.1, 0.15) is 12.8 Å². The molecule has 0 bridgehead atoms. The van der Waals surface area contributed by atoms with Crippen LogP contribution >= 0.6 is 0 Å². The Morgan fingerprint density at radius 1 is 1.15 bits per heavy atom. The molecule has 1 aliphatic heterocycles. The molecule has 9 nitrogen and oxygen atoms in total. The van der Waals surface area contributed by atoms with Gasteiger partial charge < -0.3 is 10.2 Å². The summed E-state index contributed by atoms with van der Waals surface area (Å²) in [4.78, 5) is 47.4. The van der Waals surface area contributed by atoms with Crippen LogP contribution in [0.5, 0.6) is 0 Å². The molecule has 1 aromatic carbocycles. The summed E-state index contributed by atoms with van der Waals surface area (Å²) in [5, 5.41) is 13.4. The standard InChI is InChI=1S/C17H16N4O5/c22-15(11-19-10-14(21(25)26)7-8-16(19)23)18-12-3-5-13(6-4-12)20-9-1-2-17(20)24/h3-8,10H,1-2,9,11H2,(H,18,22). The van der Waals surface area contributed by atoms with Gasteiger partial charge in [-0.15, -0.1) is 0 Å². The second-order valence-electron chi connectivity index (χ2n) is 5.85. The van der Waals surface area contributed by atoms with Crippen LogP contribution in [-0.2, 0) is 16.1 Å². The maximum Gasteiger partial charge on any atom is 0.285 e.